The molecule has 0 bridgehead atoms. The summed E-state index contributed by atoms with van der Waals surface area (Å²) in [7, 11) is 0. The Labute approximate surface area is 100 Å². The first-order valence-electron chi connectivity index (χ1n) is 5.54. The van der Waals surface area contributed by atoms with Crippen molar-refractivity contribution in [2.75, 3.05) is 6.61 Å². The third-order valence-electron chi connectivity index (χ3n) is 2.90. The number of hydrogen-bond donors (Lipinski definition) is 0. The topological polar surface area (TPSA) is 43.4 Å². The van der Waals surface area contributed by atoms with Gasteiger partial charge in [0.15, 0.2) is 5.78 Å². The summed E-state index contributed by atoms with van der Waals surface area (Å²) in [4.78, 5) is 23.7. The van der Waals surface area contributed by atoms with Gasteiger partial charge in [-0.05, 0) is 25.0 Å². The average Bonchev–Trinajstić information content (AvgIpc) is 2.64. The Morgan fingerprint density at radius 3 is 3.06 bits per heavy atom. The minimum absolute atomic E-state index is 0.127. The van der Waals surface area contributed by atoms with E-state index >= 15 is 0 Å². The quantitative estimate of drug-likeness (QED) is 0.453. The minimum atomic E-state index is -0.674. The largest absolute Gasteiger partial charge is 0.461 e. The van der Waals surface area contributed by atoms with Crippen LogP contribution in [-0.2, 0) is 16.0 Å². The van der Waals surface area contributed by atoms with E-state index in [-0.39, 0.29) is 12.4 Å². The fourth-order valence-electron chi connectivity index (χ4n) is 2.03. The van der Waals surface area contributed by atoms with E-state index in [2.05, 4.69) is 6.58 Å². The average molecular weight is 230 g/mol. The Balaban J connectivity index is 2.19. The summed E-state index contributed by atoms with van der Waals surface area (Å²) in [6.45, 7) is 5.55. The first kappa shape index (κ1) is 11.6. The molecular weight excluding hydrogens is 216 g/mol. The number of benzene rings is 1. The summed E-state index contributed by atoms with van der Waals surface area (Å²) in [5, 5.41) is 0. The normalized spacial score (nSPS) is 17.7. The van der Waals surface area contributed by atoms with Crippen molar-refractivity contribution in [1.29, 1.82) is 0 Å². The fourth-order valence-corrected chi connectivity index (χ4v) is 2.03. The Hall–Kier alpha value is -1.90. The van der Waals surface area contributed by atoms with E-state index in [1.165, 1.54) is 6.08 Å². The van der Waals surface area contributed by atoms with Crippen LogP contribution in [-0.4, -0.2) is 18.4 Å². The molecule has 1 unspecified atom stereocenters. The monoisotopic (exact) mass is 230 g/mol. The van der Waals surface area contributed by atoms with Crippen molar-refractivity contribution in [3.63, 3.8) is 0 Å². The smallest absolute Gasteiger partial charge is 0.317 e. The number of carbonyl (C=O) groups is 2. The van der Waals surface area contributed by atoms with E-state index in [9.17, 15) is 9.59 Å². The van der Waals surface area contributed by atoms with E-state index in [1.807, 2.05) is 25.1 Å². The maximum Gasteiger partial charge on any atom is 0.317 e. The van der Waals surface area contributed by atoms with Crippen LogP contribution in [0, 0.1) is 12.8 Å². The van der Waals surface area contributed by atoms with Gasteiger partial charge in [-0.1, -0.05) is 30.4 Å². The second kappa shape index (κ2) is 4.53. The maximum absolute atomic E-state index is 12.0. The molecule has 0 fully saturated rings. The number of ether oxygens (including phenoxy) is 1. The molecule has 0 heterocycles. The molecule has 0 saturated heterocycles. The van der Waals surface area contributed by atoms with Gasteiger partial charge in [0.25, 0.3) is 0 Å². The van der Waals surface area contributed by atoms with Crippen molar-refractivity contribution in [3.05, 3.63) is 47.5 Å². The van der Waals surface area contributed by atoms with Gasteiger partial charge >= 0.3 is 5.97 Å². The Bertz CT molecular complexity index is 488. The number of Topliss-reactive ketones (excluding diaryl/α,β-unsaturated/α-hetero) is 1. The Kier molecular flexibility index (Phi) is 3.09. The second-order valence-corrected chi connectivity index (χ2v) is 4.20. The molecule has 2 rings (SSSR count). The number of hydrogen-bond acceptors (Lipinski definition) is 3. The van der Waals surface area contributed by atoms with Crippen LogP contribution in [0.5, 0.6) is 0 Å². The predicted octanol–water partition coefficient (Wildman–Crippen LogP) is 2.08. The van der Waals surface area contributed by atoms with Crippen LogP contribution >= 0.6 is 0 Å². The molecule has 0 spiro atoms. The van der Waals surface area contributed by atoms with Crippen LogP contribution < -0.4 is 0 Å². The standard InChI is InChI=1S/C14H14O3/c1-3-6-17-14(16)12-8-10-5-4-9(2)7-11(10)13(12)15/h3-5,7,12H,1,6,8H2,2H3. The van der Waals surface area contributed by atoms with Crippen LogP contribution in [0.2, 0.25) is 0 Å². The fraction of sp³-hybridized carbons (Fsp3) is 0.286. The van der Waals surface area contributed by atoms with Gasteiger partial charge in [-0.25, -0.2) is 0 Å². The zero-order valence-electron chi connectivity index (χ0n) is 9.73. The van der Waals surface area contributed by atoms with Crippen molar-refractivity contribution in [3.8, 4) is 0 Å². The summed E-state index contributed by atoms with van der Waals surface area (Å²) < 4.78 is 4.93. The molecule has 3 nitrogen and oxygen atoms in total. The molecule has 0 aliphatic heterocycles. The summed E-state index contributed by atoms with van der Waals surface area (Å²) in [6.07, 6.45) is 1.94. The lowest BCUT2D eigenvalue weighted by Crippen LogP contribution is -2.23. The molecule has 1 aromatic rings. The molecule has 1 aromatic carbocycles. The van der Waals surface area contributed by atoms with Crippen LogP contribution in [0.3, 0.4) is 0 Å². The summed E-state index contributed by atoms with van der Waals surface area (Å²) in [5.74, 6) is -1.26. The second-order valence-electron chi connectivity index (χ2n) is 4.20. The van der Waals surface area contributed by atoms with E-state index in [0.29, 0.717) is 12.0 Å². The van der Waals surface area contributed by atoms with Gasteiger partial charge in [0.1, 0.15) is 12.5 Å². The van der Waals surface area contributed by atoms with Crippen LogP contribution in [0.15, 0.2) is 30.9 Å². The molecule has 0 N–H and O–H groups in total. The van der Waals surface area contributed by atoms with Crippen molar-refractivity contribution < 1.29 is 14.3 Å². The molecule has 1 aliphatic carbocycles. The van der Waals surface area contributed by atoms with Crippen LogP contribution in [0.25, 0.3) is 0 Å². The molecule has 1 aliphatic rings. The van der Waals surface area contributed by atoms with Crippen LogP contribution in [0.1, 0.15) is 21.5 Å². The third-order valence-corrected chi connectivity index (χ3v) is 2.90. The number of aryl methyl sites for hydroxylation is 1. The first-order valence-corrected chi connectivity index (χ1v) is 5.54. The minimum Gasteiger partial charge on any atom is -0.461 e. The highest BCUT2D eigenvalue weighted by molar-refractivity contribution is 6.12. The van der Waals surface area contributed by atoms with E-state index < -0.39 is 11.9 Å². The third kappa shape index (κ3) is 2.13. The lowest BCUT2D eigenvalue weighted by atomic mass is 10.1. The van der Waals surface area contributed by atoms with Crippen LogP contribution in [0.4, 0.5) is 0 Å². The van der Waals surface area contributed by atoms with Gasteiger partial charge in [-0.15, -0.1) is 0 Å². The summed E-state index contributed by atoms with van der Waals surface area (Å²) in [5.41, 5.74) is 2.61. The SMILES string of the molecule is C=CCOC(=O)C1Cc2ccc(C)cc2C1=O. The zero-order chi connectivity index (χ0) is 12.4. The van der Waals surface area contributed by atoms with E-state index in [4.69, 9.17) is 4.74 Å². The number of fused-ring (bicyclic) bond motifs is 1. The Morgan fingerprint density at radius 2 is 2.35 bits per heavy atom. The molecule has 0 aromatic heterocycles. The highest BCUT2D eigenvalue weighted by Gasteiger charge is 2.36. The van der Waals surface area contributed by atoms with Gasteiger partial charge < -0.3 is 4.74 Å². The Morgan fingerprint density at radius 1 is 1.59 bits per heavy atom. The highest BCUT2D eigenvalue weighted by atomic mass is 16.5. The van der Waals surface area contributed by atoms with E-state index in [1.54, 1.807) is 0 Å². The molecular formula is C14H14O3. The maximum atomic E-state index is 12.0. The lowest BCUT2D eigenvalue weighted by Gasteiger charge is -2.06. The van der Waals surface area contributed by atoms with E-state index in [0.717, 1.165) is 11.1 Å². The van der Waals surface area contributed by atoms with Gasteiger partial charge in [-0.3, -0.25) is 9.59 Å². The van der Waals surface area contributed by atoms with Crippen molar-refractivity contribution >= 4 is 11.8 Å². The zero-order valence-corrected chi connectivity index (χ0v) is 9.73. The molecule has 0 radical (unpaired) electrons. The summed E-state index contributed by atoms with van der Waals surface area (Å²) >= 11 is 0. The first-order chi connectivity index (χ1) is 8.13. The highest BCUT2D eigenvalue weighted by Crippen LogP contribution is 2.28. The van der Waals surface area contributed by atoms with Gasteiger partial charge in [0.2, 0.25) is 0 Å². The molecule has 88 valence electrons. The van der Waals surface area contributed by atoms with Gasteiger partial charge in [-0.2, -0.15) is 0 Å². The predicted molar refractivity (Wildman–Crippen MR) is 63.9 cm³/mol. The number of ketones is 1. The lowest BCUT2D eigenvalue weighted by molar-refractivity contribution is -0.145. The molecule has 17 heavy (non-hydrogen) atoms. The molecule has 0 amide bonds. The van der Waals surface area contributed by atoms with Crippen molar-refractivity contribution in [2.45, 2.75) is 13.3 Å². The molecule has 3 heteroatoms. The van der Waals surface area contributed by atoms with Gasteiger partial charge in [0, 0.05) is 5.56 Å². The number of carbonyl (C=O) groups excluding carboxylic acids is 2. The van der Waals surface area contributed by atoms with Gasteiger partial charge in [0.05, 0.1) is 0 Å². The van der Waals surface area contributed by atoms with Crippen molar-refractivity contribution in [2.24, 2.45) is 5.92 Å². The number of esters is 1. The molecule has 0 saturated carbocycles. The number of rotatable bonds is 3. The van der Waals surface area contributed by atoms with Crippen molar-refractivity contribution in [1.82, 2.24) is 0 Å². The molecule has 1 atom stereocenters. The summed E-state index contributed by atoms with van der Waals surface area (Å²) in [6, 6.07) is 5.69.